The van der Waals surface area contributed by atoms with E-state index in [-0.39, 0.29) is 37.5 Å². The number of aromatic nitrogens is 3. The van der Waals surface area contributed by atoms with E-state index >= 15 is 0 Å². The lowest BCUT2D eigenvalue weighted by molar-refractivity contribution is -0.131. The lowest BCUT2D eigenvalue weighted by atomic mass is 10.5. The fraction of sp³-hybridized carbons (Fsp3) is 0.600. The van der Waals surface area contributed by atoms with Crippen LogP contribution in [0.2, 0.25) is 0 Å². The first-order chi connectivity index (χ1) is 8.93. The van der Waals surface area contributed by atoms with Crippen molar-refractivity contribution in [3.8, 4) is 0 Å². The molecule has 1 heterocycles. The van der Waals surface area contributed by atoms with Crippen LogP contribution < -0.4 is 5.32 Å². The number of hydrogen-bond acceptors (Lipinski definition) is 5. The highest BCUT2D eigenvalue weighted by Crippen LogP contribution is 2.01. The fourth-order valence-corrected chi connectivity index (χ4v) is 1.19. The lowest BCUT2D eigenvalue weighted by Gasteiger charge is -2.14. The molecule has 0 spiro atoms. The van der Waals surface area contributed by atoms with Gasteiger partial charge >= 0.3 is 6.03 Å². The topological polar surface area (TPSA) is 104 Å². The van der Waals surface area contributed by atoms with Crippen LogP contribution in [0.15, 0.2) is 6.20 Å². The van der Waals surface area contributed by atoms with Gasteiger partial charge in [0.1, 0.15) is 6.54 Å². The van der Waals surface area contributed by atoms with E-state index in [1.54, 1.807) is 21.1 Å². The van der Waals surface area contributed by atoms with Crippen LogP contribution in [-0.2, 0) is 11.3 Å². The Morgan fingerprint density at radius 3 is 2.68 bits per heavy atom. The standard InChI is InChI=1S/C10H18N6O3/c1-14(2)10(19)11-8-6-16(13-12-8)7-9(18)15(3)4-5-17/h6,17H,4-5,7H2,1-3H3,(H,11,19). The molecule has 0 unspecified atom stereocenters. The number of nitrogens with one attached hydrogen (secondary N) is 1. The van der Waals surface area contributed by atoms with Crippen molar-refractivity contribution in [3.63, 3.8) is 0 Å². The quantitative estimate of drug-likeness (QED) is 0.701. The number of rotatable bonds is 5. The van der Waals surface area contributed by atoms with Gasteiger partial charge in [0, 0.05) is 27.7 Å². The summed E-state index contributed by atoms with van der Waals surface area (Å²) >= 11 is 0. The van der Waals surface area contributed by atoms with Crippen molar-refractivity contribution in [1.29, 1.82) is 0 Å². The van der Waals surface area contributed by atoms with E-state index in [2.05, 4.69) is 15.6 Å². The summed E-state index contributed by atoms with van der Waals surface area (Å²) in [6.07, 6.45) is 1.46. The van der Waals surface area contributed by atoms with Gasteiger partial charge in [-0.25, -0.2) is 9.48 Å². The van der Waals surface area contributed by atoms with E-state index in [4.69, 9.17) is 5.11 Å². The molecule has 1 rings (SSSR count). The minimum absolute atomic E-state index is 0.00132. The molecule has 0 saturated carbocycles. The Labute approximate surface area is 110 Å². The summed E-state index contributed by atoms with van der Waals surface area (Å²) in [7, 11) is 4.80. The maximum Gasteiger partial charge on any atom is 0.322 e. The average molecular weight is 270 g/mol. The lowest BCUT2D eigenvalue weighted by Crippen LogP contribution is -2.32. The molecule has 3 amide bonds. The third-order valence-electron chi connectivity index (χ3n) is 2.34. The highest BCUT2D eigenvalue weighted by Gasteiger charge is 2.12. The molecule has 0 bridgehead atoms. The molecule has 9 nitrogen and oxygen atoms in total. The molecule has 0 atom stereocenters. The van der Waals surface area contributed by atoms with Crippen LogP contribution in [0, 0.1) is 0 Å². The molecule has 0 saturated heterocycles. The van der Waals surface area contributed by atoms with Crippen LogP contribution in [-0.4, -0.2) is 76.1 Å². The largest absolute Gasteiger partial charge is 0.395 e. The summed E-state index contributed by atoms with van der Waals surface area (Å²) in [5.41, 5.74) is 0. The molecule has 0 fully saturated rings. The van der Waals surface area contributed by atoms with E-state index < -0.39 is 0 Å². The number of anilines is 1. The maximum atomic E-state index is 11.7. The van der Waals surface area contributed by atoms with Gasteiger partial charge < -0.3 is 14.9 Å². The van der Waals surface area contributed by atoms with Crippen molar-refractivity contribution >= 4 is 17.8 Å². The number of carbonyl (C=O) groups is 2. The Balaban J connectivity index is 2.55. The van der Waals surface area contributed by atoms with Crippen LogP contribution in [0.25, 0.3) is 0 Å². The fourth-order valence-electron chi connectivity index (χ4n) is 1.19. The molecule has 2 N–H and O–H groups in total. The van der Waals surface area contributed by atoms with Crippen LogP contribution in [0.4, 0.5) is 10.6 Å². The van der Waals surface area contributed by atoms with Gasteiger partial charge in [0.2, 0.25) is 5.91 Å². The van der Waals surface area contributed by atoms with Gasteiger partial charge in [-0.3, -0.25) is 10.1 Å². The Morgan fingerprint density at radius 1 is 1.42 bits per heavy atom. The first kappa shape index (κ1) is 14.9. The minimum atomic E-state index is -0.323. The van der Waals surface area contributed by atoms with E-state index in [1.807, 2.05) is 0 Å². The molecule has 0 aromatic carbocycles. The summed E-state index contributed by atoms with van der Waals surface area (Å²) in [6.45, 7) is 0.169. The molecule has 9 heteroatoms. The van der Waals surface area contributed by atoms with Gasteiger partial charge in [0.05, 0.1) is 12.8 Å². The van der Waals surface area contributed by atoms with E-state index in [1.165, 1.54) is 20.7 Å². The van der Waals surface area contributed by atoms with E-state index in [0.717, 1.165) is 0 Å². The van der Waals surface area contributed by atoms with Gasteiger partial charge in [-0.2, -0.15) is 0 Å². The molecule has 1 aromatic heterocycles. The number of aliphatic hydroxyl groups is 1. The molecule has 106 valence electrons. The Morgan fingerprint density at radius 2 is 2.11 bits per heavy atom. The molecule has 1 aromatic rings. The molecular formula is C10H18N6O3. The van der Waals surface area contributed by atoms with Gasteiger partial charge in [0.25, 0.3) is 0 Å². The first-order valence-electron chi connectivity index (χ1n) is 5.67. The van der Waals surface area contributed by atoms with Crippen LogP contribution in [0.5, 0.6) is 0 Å². The zero-order valence-electron chi connectivity index (χ0n) is 11.2. The number of hydrogen-bond donors (Lipinski definition) is 2. The van der Waals surface area contributed by atoms with Crippen LogP contribution >= 0.6 is 0 Å². The number of urea groups is 1. The second kappa shape index (κ2) is 6.69. The maximum absolute atomic E-state index is 11.7. The molecule has 0 radical (unpaired) electrons. The first-order valence-corrected chi connectivity index (χ1v) is 5.67. The SMILES string of the molecule is CN(C)C(=O)Nc1cn(CC(=O)N(C)CCO)nn1. The van der Waals surface area contributed by atoms with Gasteiger partial charge in [-0.1, -0.05) is 5.21 Å². The summed E-state index contributed by atoms with van der Waals surface area (Å²) in [6, 6.07) is -0.323. The van der Waals surface area contributed by atoms with Crippen molar-refractivity contribution in [3.05, 3.63) is 6.20 Å². The Hall–Kier alpha value is -2.16. The number of aliphatic hydroxyl groups excluding tert-OH is 1. The average Bonchev–Trinajstić information content (AvgIpc) is 2.76. The summed E-state index contributed by atoms with van der Waals surface area (Å²) in [5.74, 6) is 0.0701. The normalized spacial score (nSPS) is 10.1. The van der Waals surface area contributed by atoms with Gasteiger partial charge in [0.15, 0.2) is 5.82 Å². The van der Waals surface area contributed by atoms with Crippen molar-refractivity contribution in [2.45, 2.75) is 6.54 Å². The highest BCUT2D eigenvalue weighted by atomic mass is 16.3. The van der Waals surface area contributed by atoms with Crippen molar-refractivity contribution in [1.82, 2.24) is 24.8 Å². The zero-order chi connectivity index (χ0) is 14.4. The third kappa shape index (κ3) is 4.54. The summed E-state index contributed by atoms with van der Waals surface area (Å²) in [4.78, 5) is 25.8. The number of amides is 3. The van der Waals surface area contributed by atoms with Crippen LogP contribution in [0.1, 0.15) is 0 Å². The molecular weight excluding hydrogens is 252 g/mol. The molecule has 0 aliphatic carbocycles. The predicted molar refractivity (Wildman–Crippen MR) is 67.5 cm³/mol. The van der Waals surface area contributed by atoms with Crippen LogP contribution in [0.3, 0.4) is 0 Å². The molecule has 19 heavy (non-hydrogen) atoms. The predicted octanol–water partition coefficient (Wildman–Crippen LogP) is -1.18. The third-order valence-corrected chi connectivity index (χ3v) is 2.34. The van der Waals surface area contributed by atoms with E-state index in [9.17, 15) is 9.59 Å². The number of carbonyl (C=O) groups excluding carboxylic acids is 2. The Bertz CT molecular complexity index is 444. The van der Waals surface area contributed by atoms with Gasteiger partial charge in [-0.05, 0) is 0 Å². The second-order valence-corrected chi connectivity index (χ2v) is 4.16. The van der Waals surface area contributed by atoms with Crippen molar-refractivity contribution in [2.75, 3.05) is 39.6 Å². The monoisotopic (exact) mass is 270 g/mol. The number of likely N-dealkylation sites (N-methyl/N-ethyl adjacent to an activating group) is 1. The molecule has 0 aliphatic rings. The number of nitrogens with zero attached hydrogens (tertiary/aromatic N) is 5. The van der Waals surface area contributed by atoms with E-state index in [0.29, 0.717) is 0 Å². The molecule has 0 aliphatic heterocycles. The Kier molecular flexibility index (Phi) is 5.24. The smallest absolute Gasteiger partial charge is 0.322 e. The van der Waals surface area contributed by atoms with Crippen molar-refractivity contribution in [2.24, 2.45) is 0 Å². The summed E-state index contributed by atoms with van der Waals surface area (Å²) in [5, 5.41) is 18.7. The van der Waals surface area contributed by atoms with Crippen molar-refractivity contribution < 1.29 is 14.7 Å². The second-order valence-electron chi connectivity index (χ2n) is 4.16. The summed E-state index contributed by atoms with van der Waals surface area (Å²) < 4.78 is 1.32. The van der Waals surface area contributed by atoms with Gasteiger partial charge in [-0.15, -0.1) is 5.10 Å². The minimum Gasteiger partial charge on any atom is -0.395 e. The highest BCUT2D eigenvalue weighted by molar-refractivity contribution is 5.87. The zero-order valence-corrected chi connectivity index (χ0v) is 11.2.